The molecule has 2 nitrogen and oxygen atoms in total. The summed E-state index contributed by atoms with van der Waals surface area (Å²) in [6.45, 7) is 4.58. The molecule has 106 valence electrons. The van der Waals surface area contributed by atoms with Crippen molar-refractivity contribution in [2.75, 3.05) is 18.6 Å². The Labute approximate surface area is 121 Å². The fourth-order valence-electron chi connectivity index (χ4n) is 2.87. The highest BCUT2D eigenvalue weighted by Crippen LogP contribution is 2.33. The lowest BCUT2D eigenvalue weighted by Gasteiger charge is -2.31. The number of hydrogen-bond acceptors (Lipinski definition) is 3. The molecule has 2 rings (SSSR count). The average Bonchev–Trinajstić information content (AvgIpc) is 2.43. The maximum absolute atomic E-state index is 4.66. The summed E-state index contributed by atoms with van der Waals surface area (Å²) in [7, 11) is 2.10. The molecular weight excluding hydrogens is 252 g/mol. The summed E-state index contributed by atoms with van der Waals surface area (Å²) in [5, 5.41) is 3.53. The number of aryl methyl sites for hydroxylation is 1. The van der Waals surface area contributed by atoms with Crippen molar-refractivity contribution in [1.82, 2.24) is 10.3 Å². The molecule has 1 heterocycles. The van der Waals surface area contributed by atoms with Gasteiger partial charge in [-0.1, -0.05) is 19.9 Å². The summed E-state index contributed by atoms with van der Waals surface area (Å²) in [6, 6.07) is 4.88. The predicted molar refractivity (Wildman–Crippen MR) is 84.9 cm³/mol. The lowest BCUT2D eigenvalue weighted by atomic mass is 9.82. The van der Waals surface area contributed by atoms with Crippen LogP contribution in [0.25, 0.3) is 0 Å². The average molecular weight is 278 g/mol. The second-order valence-electron chi connectivity index (χ2n) is 5.87. The van der Waals surface area contributed by atoms with Crippen molar-refractivity contribution < 1.29 is 0 Å². The molecule has 3 heteroatoms. The first kappa shape index (κ1) is 14.9. The zero-order chi connectivity index (χ0) is 13.7. The van der Waals surface area contributed by atoms with Crippen molar-refractivity contribution in [2.24, 2.45) is 5.92 Å². The zero-order valence-corrected chi connectivity index (χ0v) is 13.2. The van der Waals surface area contributed by atoms with Gasteiger partial charge in [-0.2, -0.15) is 11.8 Å². The molecule has 1 aliphatic rings. The summed E-state index contributed by atoms with van der Waals surface area (Å²) in [6.07, 6.45) is 5.73. The third-order valence-electron chi connectivity index (χ3n) is 3.84. The van der Waals surface area contributed by atoms with Crippen LogP contribution in [0.1, 0.15) is 43.9 Å². The molecule has 19 heavy (non-hydrogen) atoms. The van der Waals surface area contributed by atoms with E-state index < -0.39 is 0 Å². The minimum absolute atomic E-state index is 0.553. The number of likely N-dealkylation sites (N-methyl/N-ethyl adjacent to an activating group) is 1. The van der Waals surface area contributed by atoms with E-state index in [0.717, 1.165) is 5.92 Å². The Bertz CT molecular complexity index is 392. The molecule has 2 unspecified atom stereocenters. The third kappa shape index (κ3) is 3.96. The Morgan fingerprint density at radius 1 is 1.42 bits per heavy atom. The van der Waals surface area contributed by atoms with Crippen LogP contribution in [0.2, 0.25) is 0 Å². The Morgan fingerprint density at radius 3 is 3.00 bits per heavy atom. The molecule has 2 atom stereocenters. The molecule has 1 aliphatic carbocycles. The number of thioether (sulfide) groups is 1. The number of pyridine rings is 1. The molecule has 1 aromatic rings. The van der Waals surface area contributed by atoms with Crippen LogP contribution < -0.4 is 5.32 Å². The first-order chi connectivity index (χ1) is 9.22. The molecule has 0 bridgehead atoms. The molecule has 1 N–H and O–H groups in total. The standard InChI is InChI=1S/C16H26N2S/c1-12(2)10-19-11-15(17-3)14-8-4-6-13-7-5-9-18-16(13)14/h5,7,9,12,14-15,17H,4,6,8,10-11H2,1-3H3. The Kier molecular flexibility index (Phi) is 5.71. The molecule has 0 saturated heterocycles. The molecule has 0 aliphatic heterocycles. The first-order valence-electron chi connectivity index (χ1n) is 7.41. The van der Waals surface area contributed by atoms with Crippen LogP contribution in [-0.2, 0) is 6.42 Å². The van der Waals surface area contributed by atoms with Crippen LogP contribution in [-0.4, -0.2) is 29.6 Å². The number of nitrogens with zero attached hydrogens (tertiary/aromatic N) is 1. The highest BCUT2D eigenvalue weighted by Gasteiger charge is 2.27. The molecule has 0 aromatic carbocycles. The van der Waals surface area contributed by atoms with Crippen LogP contribution in [0.3, 0.4) is 0 Å². The molecule has 0 spiro atoms. The van der Waals surface area contributed by atoms with Crippen LogP contribution >= 0.6 is 11.8 Å². The second-order valence-corrected chi connectivity index (χ2v) is 6.95. The van der Waals surface area contributed by atoms with E-state index in [9.17, 15) is 0 Å². The van der Waals surface area contributed by atoms with Crippen molar-refractivity contribution in [3.05, 3.63) is 29.6 Å². The molecular formula is C16H26N2S. The van der Waals surface area contributed by atoms with E-state index in [4.69, 9.17) is 0 Å². The van der Waals surface area contributed by atoms with Gasteiger partial charge in [-0.15, -0.1) is 0 Å². The molecule has 1 aromatic heterocycles. The van der Waals surface area contributed by atoms with E-state index in [1.807, 2.05) is 6.20 Å². The van der Waals surface area contributed by atoms with Gasteiger partial charge >= 0.3 is 0 Å². The van der Waals surface area contributed by atoms with E-state index in [0.29, 0.717) is 12.0 Å². The lowest BCUT2D eigenvalue weighted by Crippen LogP contribution is -2.36. The van der Waals surface area contributed by atoms with Gasteiger partial charge in [0.25, 0.3) is 0 Å². The van der Waals surface area contributed by atoms with Gasteiger partial charge in [0.1, 0.15) is 0 Å². The van der Waals surface area contributed by atoms with Crippen molar-refractivity contribution in [1.29, 1.82) is 0 Å². The third-order valence-corrected chi connectivity index (χ3v) is 5.34. The van der Waals surface area contributed by atoms with E-state index >= 15 is 0 Å². The number of fused-ring (bicyclic) bond motifs is 1. The predicted octanol–water partition coefficient (Wildman–Crippen LogP) is 3.48. The van der Waals surface area contributed by atoms with Gasteiger partial charge in [0.15, 0.2) is 0 Å². The van der Waals surface area contributed by atoms with Gasteiger partial charge < -0.3 is 5.32 Å². The van der Waals surface area contributed by atoms with Gasteiger partial charge in [-0.3, -0.25) is 4.98 Å². The Balaban J connectivity index is 2.03. The van der Waals surface area contributed by atoms with Crippen molar-refractivity contribution >= 4 is 11.8 Å². The van der Waals surface area contributed by atoms with Gasteiger partial charge in [-0.25, -0.2) is 0 Å². The fraction of sp³-hybridized carbons (Fsp3) is 0.688. The lowest BCUT2D eigenvalue weighted by molar-refractivity contribution is 0.432. The topological polar surface area (TPSA) is 24.9 Å². The van der Waals surface area contributed by atoms with Crippen LogP contribution in [0, 0.1) is 5.92 Å². The first-order valence-corrected chi connectivity index (χ1v) is 8.56. The summed E-state index contributed by atoms with van der Waals surface area (Å²) in [5.41, 5.74) is 2.81. The maximum atomic E-state index is 4.66. The second kappa shape index (κ2) is 7.30. The monoisotopic (exact) mass is 278 g/mol. The maximum Gasteiger partial charge on any atom is 0.0482 e. The van der Waals surface area contributed by atoms with E-state index in [2.05, 4.69) is 55.1 Å². The summed E-state index contributed by atoms with van der Waals surface area (Å²) in [4.78, 5) is 4.66. The van der Waals surface area contributed by atoms with Gasteiger partial charge in [0.05, 0.1) is 0 Å². The number of rotatable bonds is 6. The van der Waals surface area contributed by atoms with Gasteiger partial charge in [0.2, 0.25) is 0 Å². The number of aromatic nitrogens is 1. The van der Waals surface area contributed by atoms with Crippen LogP contribution in [0.15, 0.2) is 18.3 Å². The molecule has 0 saturated carbocycles. The largest absolute Gasteiger partial charge is 0.316 e. The van der Waals surface area contributed by atoms with Crippen LogP contribution in [0.5, 0.6) is 0 Å². The SMILES string of the molecule is CNC(CSCC(C)C)C1CCCc2cccnc21. The minimum Gasteiger partial charge on any atom is -0.316 e. The smallest absolute Gasteiger partial charge is 0.0482 e. The fourth-order valence-corrected chi connectivity index (χ4v) is 4.13. The summed E-state index contributed by atoms with van der Waals surface area (Å²) >= 11 is 2.07. The quantitative estimate of drug-likeness (QED) is 0.862. The Hall–Kier alpha value is -0.540. The van der Waals surface area contributed by atoms with Crippen LogP contribution in [0.4, 0.5) is 0 Å². The normalized spacial score (nSPS) is 20.3. The molecule has 0 amide bonds. The van der Waals surface area contributed by atoms with Crippen molar-refractivity contribution in [3.63, 3.8) is 0 Å². The van der Waals surface area contributed by atoms with E-state index in [1.54, 1.807) is 0 Å². The molecule has 0 radical (unpaired) electrons. The number of hydrogen-bond donors (Lipinski definition) is 1. The van der Waals surface area contributed by atoms with Crippen molar-refractivity contribution in [2.45, 2.75) is 45.1 Å². The van der Waals surface area contributed by atoms with Crippen molar-refractivity contribution in [3.8, 4) is 0 Å². The van der Waals surface area contributed by atoms with E-state index in [1.165, 1.54) is 42.0 Å². The Morgan fingerprint density at radius 2 is 2.26 bits per heavy atom. The highest BCUT2D eigenvalue weighted by atomic mass is 32.2. The zero-order valence-electron chi connectivity index (χ0n) is 12.4. The summed E-state index contributed by atoms with van der Waals surface area (Å²) < 4.78 is 0. The van der Waals surface area contributed by atoms with Gasteiger partial charge in [-0.05, 0) is 49.6 Å². The molecule has 0 fully saturated rings. The number of nitrogens with one attached hydrogen (secondary N) is 1. The van der Waals surface area contributed by atoms with Gasteiger partial charge in [0, 0.05) is 29.6 Å². The minimum atomic E-state index is 0.553. The summed E-state index contributed by atoms with van der Waals surface area (Å²) in [5.74, 6) is 3.81. The highest BCUT2D eigenvalue weighted by molar-refractivity contribution is 7.99. The van der Waals surface area contributed by atoms with E-state index in [-0.39, 0.29) is 0 Å².